The van der Waals surface area contributed by atoms with Crippen molar-refractivity contribution in [2.45, 2.75) is 14.9 Å². The zero-order chi connectivity index (χ0) is 29.7. The van der Waals surface area contributed by atoms with Crippen molar-refractivity contribution >= 4 is 264 Å². The predicted octanol–water partition coefficient (Wildman–Crippen LogP) is 22.8. The third-order valence-electron chi connectivity index (χ3n) is 1.86. The third-order valence-corrected chi connectivity index (χ3v) is 32.6. The Morgan fingerprint density at radius 1 is 0.447 bits per heavy atom. The maximum absolute atomic E-state index is 5.78. The molecule has 0 radical (unpaired) electrons. The van der Waals surface area contributed by atoms with E-state index in [2.05, 4.69) is 73.6 Å². The molecule has 0 aromatic heterocycles. The second-order valence-electron chi connectivity index (χ2n) is 4.77. The Morgan fingerprint density at radius 2 is 0.526 bits per heavy atom. The molecule has 2 aliphatic rings. The molecule has 0 atom stereocenters. The fourth-order valence-corrected chi connectivity index (χ4v) is 44.9. The highest BCUT2D eigenvalue weighted by Gasteiger charge is 2.31. The normalized spacial score (nSPS) is 23.7. The summed E-state index contributed by atoms with van der Waals surface area (Å²) in [5.74, 6) is -23.5. The summed E-state index contributed by atoms with van der Waals surface area (Å²) in [5.41, 5.74) is 0. The number of hydrogen-bond acceptors (Lipinski definition) is 8. The Morgan fingerprint density at radius 3 is 0.579 bits per heavy atom. The zero-order valence-electron chi connectivity index (χ0n) is 16.0. The monoisotopic (exact) mass is 1240 g/mol. The number of rotatable bonds is 0. The maximum Gasteiger partial charge on any atom is 0.257 e. The Kier molecular flexibility index (Phi) is 29.5. The molecule has 0 fully saturated rings. The Balaban J connectivity index is -0.000000233. The minimum Gasteiger partial charge on any atom is -0.277 e. The Labute approximate surface area is 323 Å². The topological polar surface area (TPSA) is 98.9 Å². The minimum absolute atomic E-state index is 0. The molecule has 0 bridgehead atoms. The molecule has 2 heterocycles. The van der Waals surface area contributed by atoms with E-state index in [0.29, 0.717) is 0 Å². The van der Waals surface area contributed by atoms with Crippen LogP contribution in [0.5, 0.6) is 0 Å². The van der Waals surface area contributed by atoms with Gasteiger partial charge in [-0.25, -0.2) is 0 Å². The summed E-state index contributed by atoms with van der Waals surface area (Å²) >= 11 is 95.2. The van der Waals surface area contributed by atoms with Crippen molar-refractivity contribution < 1.29 is 0 Å². The lowest BCUT2D eigenvalue weighted by atomic mass is 11.6. The van der Waals surface area contributed by atoms with Crippen molar-refractivity contribution in [1.29, 1.82) is 0 Å². The van der Waals surface area contributed by atoms with Crippen LogP contribution in [0.4, 0.5) is 0 Å². The summed E-state index contributed by atoms with van der Waals surface area (Å²) in [6.45, 7) is 1.72. The molecule has 8 nitrogen and oxygen atoms in total. The van der Waals surface area contributed by atoms with Crippen LogP contribution in [0.2, 0.25) is 0 Å². The Hall–Kier alpha value is 7.94. The van der Waals surface area contributed by atoms with Gasteiger partial charge in [-0.15, -0.1) is 0 Å². The molecule has 0 aromatic carbocycles. The SMILES string of the molecule is C.C.CN=P(C)(Cl)Cl.ClP1(Cl)=NP(Cl)(Cl)=NP(Cl)(Cl)=N1.ClP1(Cl)=NP(Cl)(Cl)=NP(Cl)(Cl)=NP(Cl)(Cl)=N1.II. The van der Waals surface area contributed by atoms with E-state index in [1.54, 1.807) is 13.7 Å². The van der Waals surface area contributed by atoms with Crippen molar-refractivity contribution in [3.8, 4) is 0 Å². The summed E-state index contributed by atoms with van der Waals surface area (Å²) in [5, 5.41) is 0. The fourth-order valence-electron chi connectivity index (χ4n) is 1.03. The first kappa shape index (κ1) is 52.7. The van der Waals surface area contributed by atoms with Crippen LogP contribution in [-0.4, -0.2) is 13.7 Å². The third kappa shape index (κ3) is 28.9. The number of halogens is 18. The lowest BCUT2D eigenvalue weighted by Crippen LogP contribution is -1.62. The van der Waals surface area contributed by atoms with Gasteiger partial charge in [0.2, 0.25) is 0 Å². The van der Waals surface area contributed by atoms with Gasteiger partial charge in [0.25, 0.3) is 41.4 Å². The summed E-state index contributed by atoms with van der Waals surface area (Å²) in [7, 11) is 1.62. The quantitative estimate of drug-likeness (QED) is 0.171. The van der Waals surface area contributed by atoms with Gasteiger partial charge < -0.3 is 0 Å². The molecule has 0 spiro atoms. The molecule has 0 N–H and O–H groups in total. The molecule has 0 amide bonds. The van der Waals surface area contributed by atoms with Gasteiger partial charge >= 0.3 is 0 Å². The van der Waals surface area contributed by atoms with E-state index < -0.39 is 47.1 Å². The highest BCUT2D eigenvalue weighted by molar-refractivity contribution is 15.0. The Bertz CT molecular complexity index is 1030. The van der Waals surface area contributed by atoms with Crippen molar-refractivity contribution in [1.82, 2.24) is 0 Å². The van der Waals surface area contributed by atoms with Crippen LogP contribution >= 0.6 is 264 Å². The lowest BCUT2D eigenvalue weighted by Gasteiger charge is -2.16. The van der Waals surface area contributed by atoms with Gasteiger partial charge in [-0.2, -0.15) is 31.6 Å². The molecule has 0 aromatic rings. The fraction of sp³-hybridized carbons (Fsp3) is 1.00. The minimum atomic E-state index is -3.23. The van der Waals surface area contributed by atoms with Crippen LogP contribution in [-0.2, 0) is 0 Å². The summed E-state index contributed by atoms with van der Waals surface area (Å²) in [6.07, 6.45) is 0. The van der Waals surface area contributed by atoms with Crippen LogP contribution in [0.15, 0.2) is 36.4 Å². The van der Waals surface area contributed by atoms with Gasteiger partial charge in [-0.1, -0.05) is 37.3 Å². The molecule has 2 aliphatic heterocycles. The molecule has 0 saturated carbocycles. The molecule has 0 saturated heterocycles. The van der Waals surface area contributed by atoms with Gasteiger partial charge in [0.1, 0.15) is 5.76 Å². The van der Waals surface area contributed by atoms with E-state index in [4.69, 9.17) is 180 Å². The first-order valence-corrected chi connectivity index (χ1v) is 41.6. The van der Waals surface area contributed by atoms with E-state index >= 15 is 0 Å². The number of hydrogen-bond donors (Lipinski definition) is 0. The maximum atomic E-state index is 5.78. The first-order valence-electron chi connectivity index (χ1n) is 6.74. The van der Waals surface area contributed by atoms with Crippen molar-refractivity contribution in [3.05, 3.63) is 0 Å². The van der Waals surface area contributed by atoms with E-state index in [9.17, 15) is 0 Å². The van der Waals surface area contributed by atoms with Gasteiger partial charge in [0.15, 0.2) is 0 Å². The van der Waals surface area contributed by atoms with Crippen LogP contribution in [0.3, 0.4) is 0 Å². The molecular weight excluding hydrogens is 1230 g/mol. The molecule has 236 valence electrons. The molecule has 0 aliphatic carbocycles. The molecule has 0 unspecified atom stereocenters. The van der Waals surface area contributed by atoms with Crippen molar-refractivity contribution in [3.63, 3.8) is 0 Å². The first-order chi connectivity index (χ1) is 15.5. The van der Waals surface area contributed by atoms with Gasteiger partial charge in [0, 0.05) is 44.3 Å². The molecule has 38 heavy (non-hydrogen) atoms. The molecular formula is C4H14Cl16I2N8P8. The predicted molar refractivity (Wildman–Crippen MR) is 222 cm³/mol. The van der Waals surface area contributed by atoms with Crippen LogP contribution in [0.25, 0.3) is 0 Å². The largest absolute Gasteiger partial charge is 0.277 e. The van der Waals surface area contributed by atoms with E-state index in [1.807, 2.05) is 0 Å². The highest BCUT2D eigenvalue weighted by Crippen LogP contribution is 2.89. The van der Waals surface area contributed by atoms with Gasteiger partial charge in [-0.3, -0.25) is 4.74 Å². The van der Waals surface area contributed by atoms with Crippen LogP contribution < -0.4 is 0 Å². The standard InChI is InChI=1S/C2H6Cl2NP.2CH4.Cl8N4P4.Cl6N3P3.I2/c1-5-6(2,3)4;;;1-13(2)9-14(3,4)11-16(7,8)12-15(5,6)10-13;1-10(2)7-11(3,4)9-12(5,6)8-10;1-2/h1-2H3;2*1H4;;;. The number of nitrogens with zero attached hydrogens (tertiary/aromatic N) is 8. The van der Waals surface area contributed by atoms with Crippen molar-refractivity contribution in [2.24, 2.45) is 36.4 Å². The van der Waals surface area contributed by atoms with Crippen LogP contribution in [0, 0.1) is 0 Å². The summed E-state index contributed by atoms with van der Waals surface area (Å²) < 4.78 is 29.4. The average molecular weight is 1240 g/mol. The second-order valence-corrected chi connectivity index (χ2v) is 46.0. The summed E-state index contributed by atoms with van der Waals surface area (Å²) in [4.78, 5) is 0. The van der Waals surface area contributed by atoms with E-state index in [0.717, 1.165) is 0 Å². The average Bonchev–Trinajstić information content (AvgIpc) is 2.46. The second kappa shape index (κ2) is 21.2. The molecule has 34 heteroatoms. The van der Waals surface area contributed by atoms with Crippen molar-refractivity contribution in [2.75, 3.05) is 13.7 Å². The highest BCUT2D eigenvalue weighted by atomic mass is 128. The summed E-state index contributed by atoms with van der Waals surface area (Å²) in [6, 6.07) is 0. The van der Waals surface area contributed by atoms with Gasteiger partial charge in [0.05, 0.1) is 0 Å². The molecule has 2 rings (SSSR count). The van der Waals surface area contributed by atoms with Crippen LogP contribution in [0.1, 0.15) is 14.9 Å². The smallest absolute Gasteiger partial charge is 0.257 e. The lowest BCUT2D eigenvalue weighted by molar-refractivity contribution is 1.51. The van der Waals surface area contributed by atoms with Gasteiger partial charge in [-0.05, 0) is 164 Å². The zero-order valence-corrected chi connectivity index (χ0v) is 39.5. The van der Waals surface area contributed by atoms with E-state index in [-0.39, 0.29) is 14.9 Å². The van der Waals surface area contributed by atoms with E-state index in [1.165, 1.54) is 0 Å².